The van der Waals surface area contributed by atoms with Crippen molar-refractivity contribution in [1.29, 1.82) is 0 Å². The van der Waals surface area contributed by atoms with Crippen molar-refractivity contribution in [2.75, 3.05) is 31.2 Å². The number of para-hydroxylation sites is 1. The fourth-order valence-corrected chi connectivity index (χ4v) is 4.63. The first-order valence-electron chi connectivity index (χ1n) is 8.39. The number of thiazole rings is 1. The second-order valence-corrected chi connectivity index (χ2v) is 8.09. The van der Waals surface area contributed by atoms with Gasteiger partial charge in [-0.05, 0) is 36.2 Å². The van der Waals surface area contributed by atoms with Crippen molar-refractivity contribution in [3.05, 3.63) is 54.1 Å². The van der Waals surface area contributed by atoms with E-state index in [1.54, 1.807) is 11.3 Å². The summed E-state index contributed by atoms with van der Waals surface area (Å²) >= 11 is 3.53. The smallest absolute Gasteiger partial charge is 0.183 e. The van der Waals surface area contributed by atoms with Crippen LogP contribution in [-0.2, 0) is 6.42 Å². The molecule has 128 valence electrons. The fraction of sp³-hybridized carbons (Fsp3) is 0.263. The first kappa shape index (κ1) is 16.4. The molecule has 1 N–H and O–H groups in total. The number of hydrogen-bond donors (Lipinski definition) is 1. The van der Waals surface area contributed by atoms with Gasteiger partial charge in [-0.3, -0.25) is 0 Å². The van der Waals surface area contributed by atoms with E-state index < -0.39 is 0 Å². The van der Waals surface area contributed by atoms with E-state index >= 15 is 0 Å². The van der Waals surface area contributed by atoms with Gasteiger partial charge >= 0.3 is 0 Å². The summed E-state index contributed by atoms with van der Waals surface area (Å²) in [5.74, 6) is 1.13. The van der Waals surface area contributed by atoms with Crippen LogP contribution in [0.5, 0.6) is 0 Å². The Morgan fingerprint density at radius 2 is 2.00 bits per heavy atom. The number of hydrogen-bond acceptors (Lipinski definition) is 5. The number of aromatic nitrogens is 1. The fourth-order valence-electron chi connectivity index (χ4n) is 2.71. The highest BCUT2D eigenvalue weighted by Crippen LogP contribution is 2.25. The van der Waals surface area contributed by atoms with Crippen molar-refractivity contribution < 1.29 is 0 Å². The molecule has 1 saturated heterocycles. The number of nitrogens with zero attached hydrogens (tertiary/aromatic N) is 3. The highest BCUT2D eigenvalue weighted by Gasteiger charge is 2.14. The Balaban J connectivity index is 1.33. The van der Waals surface area contributed by atoms with Crippen LogP contribution in [0, 0.1) is 0 Å². The number of rotatable bonds is 5. The highest BCUT2D eigenvalue weighted by molar-refractivity contribution is 8.14. The van der Waals surface area contributed by atoms with Crippen molar-refractivity contribution in [2.45, 2.75) is 6.42 Å². The van der Waals surface area contributed by atoms with Gasteiger partial charge in [0.25, 0.3) is 0 Å². The van der Waals surface area contributed by atoms with Crippen LogP contribution in [0.4, 0.5) is 10.8 Å². The first-order chi connectivity index (χ1) is 12.3. The van der Waals surface area contributed by atoms with Gasteiger partial charge in [0, 0.05) is 25.9 Å². The molecule has 3 aromatic rings. The van der Waals surface area contributed by atoms with Crippen LogP contribution >= 0.6 is 23.1 Å². The Labute approximate surface area is 156 Å². The van der Waals surface area contributed by atoms with Crippen LogP contribution in [0.1, 0.15) is 5.56 Å². The zero-order valence-corrected chi connectivity index (χ0v) is 15.7. The summed E-state index contributed by atoms with van der Waals surface area (Å²) in [5, 5.41) is 5.54. The predicted molar refractivity (Wildman–Crippen MR) is 110 cm³/mol. The summed E-state index contributed by atoms with van der Waals surface area (Å²) in [7, 11) is 2.10. The van der Waals surface area contributed by atoms with Crippen LogP contribution in [-0.4, -0.2) is 40.9 Å². The standard InChI is InChI=1S/C19H20N4S2/c1-23-12-13-24-19(23)21-15-8-6-14(7-9-15)10-11-20-18-22-16-4-2-3-5-17(16)25-18/h2-9H,10-13H2,1H3,(H,20,22)/b21-19-. The Morgan fingerprint density at radius 3 is 2.76 bits per heavy atom. The quantitative estimate of drug-likeness (QED) is 0.713. The molecular formula is C19H20N4S2. The Kier molecular flexibility index (Phi) is 4.90. The van der Waals surface area contributed by atoms with Crippen LogP contribution in [0.15, 0.2) is 53.5 Å². The van der Waals surface area contributed by atoms with Crippen molar-refractivity contribution in [1.82, 2.24) is 9.88 Å². The molecule has 0 radical (unpaired) electrons. The maximum Gasteiger partial charge on any atom is 0.183 e. The average molecular weight is 369 g/mol. The van der Waals surface area contributed by atoms with E-state index in [1.807, 2.05) is 17.8 Å². The number of amidine groups is 1. The number of anilines is 1. The van der Waals surface area contributed by atoms with E-state index in [2.05, 4.69) is 64.7 Å². The van der Waals surface area contributed by atoms with E-state index in [0.717, 1.165) is 46.8 Å². The lowest BCUT2D eigenvalue weighted by molar-refractivity contribution is 0.563. The summed E-state index contributed by atoms with van der Waals surface area (Å²) in [6.07, 6.45) is 0.974. The summed E-state index contributed by atoms with van der Waals surface area (Å²) in [6.45, 7) is 1.96. The number of thioether (sulfide) groups is 1. The normalized spacial score (nSPS) is 16.0. The molecule has 6 heteroatoms. The molecule has 4 nitrogen and oxygen atoms in total. The van der Waals surface area contributed by atoms with Crippen molar-refractivity contribution in [3.8, 4) is 0 Å². The maximum atomic E-state index is 4.71. The third-order valence-corrected chi connectivity index (χ3v) is 6.17. The van der Waals surface area contributed by atoms with Crippen molar-refractivity contribution in [2.24, 2.45) is 4.99 Å². The van der Waals surface area contributed by atoms with Crippen LogP contribution < -0.4 is 5.32 Å². The summed E-state index contributed by atoms with van der Waals surface area (Å²) in [6, 6.07) is 16.8. The molecule has 2 heterocycles. The van der Waals surface area contributed by atoms with Crippen LogP contribution in [0.25, 0.3) is 10.2 Å². The molecule has 0 atom stereocenters. The van der Waals surface area contributed by atoms with Gasteiger partial charge in [0.2, 0.25) is 0 Å². The SMILES string of the molecule is CN1CCS/C1=N\c1ccc(CCNc2nc3ccccc3s2)cc1. The Morgan fingerprint density at radius 1 is 1.16 bits per heavy atom. The topological polar surface area (TPSA) is 40.5 Å². The molecule has 4 rings (SSSR count). The van der Waals surface area contributed by atoms with Gasteiger partial charge in [-0.25, -0.2) is 9.98 Å². The minimum absolute atomic E-state index is 0.881. The number of aliphatic imine (C=N–C) groups is 1. The largest absolute Gasteiger partial charge is 0.361 e. The van der Waals surface area contributed by atoms with Crippen molar-refractivity contribution in [3.63, 3.8) is 0 Å². The number of nitrogens with one attached hydrogen (secondary N) is 1. The van der Waals surface area contributed by atoms with Gasteiger partial charge in [0.1, 0.15) is 0 Å². The minimum atomic E-state index is 0.881. The Hall–Kier alpha value is -2.05. The van der Waals surface area contributed by atoms with Crippen molar-refractivity contribution >= 4 is 49.3 Å². The second kappa shape index (κ2) is 7.45. The Bertz CT molecular complexity index is 853. The molecule has 0 unspecified atom stereocenters. The monoisotopic (exact) mass is 368 g/mol. The molecule has 1 aliphatic rings. The number of benzene rings is 2. The number of fused-ring (bicyclic) bond motifs is 1. The molecule has 25 heavy (non-hydrogen) atoms. The third kappa shape index (κ3) is 3.96. The van der Waals surface area contributed by atoms with E-state index in [-0.39, 0.29) is 0 Å². The zero-order chi connectivity index (χ0) is 17.1. The molecule has 1 aromatic heterocycles. The molecule has 1 fully saturated rings. The van der Waals surface area contributed by atoms with Crippen LogP contribution in [0.3, 0.4) is 0 Å². The van der Waals surface area contributed by atoms with Gasteiger partial charge in [-0.2, -0.15) is 0 Å². The summed E-state index contributed by atoms with van der Waals surface area (Å²) < 4.78 is 1.23. The second-order valence-electron chi connectivity index (χ2n) is 5.99. The molecule has 0 aliphatic carbocycles. The van der Waals surface area contributed by atoms with Gasteiger partial charge in [0.05, 0.1) is 15.9 Å². The maximum absolute atomic E-state index is 4.71. The van der Waals surface area contributed by atoms with Gasteiger partial charge in [-0.1, -0.05) is 47.4 Å². The van der Waals surface area contributed by atoms with E-state index in [4.69, 9.17) is 4.99 Å². The average Bonchev–Trinajstić information content (AvgIpc) is 3.22. The lowest BCUT2D eigenvalue weighted by Crippen LogP contribution is -2.17. The summed E-state index contributed by atoms with van der Waals surface area (Å²) in [5.41, 5.74) is 3.40. The predicted octanol–water partition coefficient (Wildman–Crippen LogP) is 4.62. The highest BCUT2D eigenvalue weighted by atomic mass is 32.2. The molecule has 0 saturated carbocycles. The lowest BCUT2D eigenvalue weighted by Gasteiger charge is -2.09. The molecule has 0 amide bonds. The van der Waals surface area contributed by atoms with Gasteiger partial charge in [-0.15, -0.1) is 0 Å². The zero-order valence-electron chi connectivity index (χ0n) is 14.1. The van der Waals surface area contributed by atoms with E-state index in [9.17, 15) is 0 Å². The minimum Gasteiger partial charge on any atom is -0.361 e. The third-order valence-electron chi connectivity index (χ3n) is 4.13. The molecule has 0 bridgehead atoms. The molecule has 0 spiro atoms. The van der Waals surface area contributed by atoms with E-state index in [0.29, 0.717) is 0 Å². The van der Waals surface area contributed by atoms with Gasteiger partial charge < -0.3 is 10.2 Å². The van der Waals surface area contributed by atoms with Crippen LogP contribution in [0.2, 0.25) is 0 Å². The molecular weight excluding hydrogens is 348 g/mol. The lowest BCUT2D eigenvalue weighted by atomic mass is 10.1. The first-order valence-corrected chi connectivity index (χ1v) is 10.2. The molecule has 1 aliphatic heterocycles. The molecule has 2 aromatic carbocycles. The van der Waals surface area contributed by atoms with Gasteiger partial charge in [0.15, 0.2) is 10.3 Å². The summed E-state index contributed by atoms with van der Waals surface area (Å²) in [4.78, 5) is 11.5. The van der Waals surface area contributed by atoms with E-state index in [1.165, 1.54) is 10.3 Å².